The van der Waals surface area contributed by atoms with Gasteiger partial charge in [-0.3, -0.25) is 4.79 Å². The highest BCUT2D eigenvalue weighted by Crippen LogP contribution is 2.32. The van der Waals surface area contributed by atoms with Gasteiger partial charge < -0.3 is 5.11 Å². The van der Waals surface area contributed by atoms with E-state index in [9.17, 15) is 14.3 Å². The van der Waals surface area contributed by atoms with Crippen LogP contribution in [0.15, 0.2) is 54.6 Å². The van der Waals surface area contributed by atoms with E-state index in [-0.39, 0.29) is 11.6 Å². The first-order chi connectivity index (χ1) is 10.8. The van der Waals surface area contributed by atoms with Gasteiger partial charge in [-0.1, -0.05) is 63.2 Å². The molecule has 0 radical (unpaired) electrons. The lowest BCUT2D eigenvalue weighted by molar-refractivity contribution is -0.134. The van der Waals surface area contributed by atoms with Crippen LogP contribution in [0, 0.1) is 17.2 Å². The molecule has 0 aliphatic heterocycles. The van der Waals surface area contributed by atoms with Gasteiger partial charge in [0.05, 0.1) is 12.0 Å². The molecule has 0 fully saturated rings. The maximum absolute atomic E-state index is 13.1. The van der Waals surface area contributed by atoms with Gasteiger partial charge in [-0.25, -0.2) is 4.39 Å². The second-order valence-electron chi connectivity index (χ2n) is 6.91. The minimum atomic E-state index is -0.882. The quantitative estimate of drug-likeness (QED) is 0.891. The third-order valence-electron chi connectivity index (χ3n) is 3.97. The number of hydrogen-bond donors (Lipinski definition) is 1. The molecule has 1 N–H and O–H groups in total. The summed E-state index contributed by atoms with van der Waals surface area (Å²) in [6.07, 6.45) is -0.500. The van der Waals surface area contributed by atoms with Crippen molar-refractivity contribution in [2.24, 2.45) is 11.3 Å². The first-order valence-electron chi connectivity index (χ1n) is 7.81. The van der Waals surface area contributed by atoms with E-state index < -0.39 is 17.4 Å². The van der Waals surface area contributed by atoms with E-state index in [0.717, 1.165) is 11.1 Å². The Morgan fingerprint density at radius 2 is 1.61 bits per heavy atom. The maximum atomic E-state index is 13.1. The van der Waals surface area contributed by atoms with Crippen molar-refractivity contribution in [3.05, 3.63) is 71.5 Å². The molecule has 23 heavy (non-hydrogen) atoms. The van der Waals surface area contributed by atoms with Crippen LogP contribution in [0.1, 0.15) is 38.0 Å². The number of carbonyl (C=O) groups excluding carboxylic acids is 1. The van der Waals surface area contributed by atoms with Crippen molar-refractivity contribution < 1.29 is 14.3 Å². The molecule has 0 saturated heterocycles. The summed E-state index contributed by atoms with van der Waals surface area (Å²) in [5.74, 6) is -0.878. The maximum Gasteiger partial charge on any atom is 0.144 e. The van der Waals surface area contributed by atoms with Crippen LogP contribution in [0.2, 0.25) is 0 Å². The Morgan fingerprint density at radius 1 is 1.04 bits per heavy atom. The lowest BCUT2D eigenvalue weighted by atomic mass is 9.76. The van der Waals surface area contributed by atoms with Gasteiger partial charge in [0.15, 0.2) is 0 Å². The van der Waals surface area contributed by atoms with E-state index in [2.05, 4.69) is 0 Å². The fourth-order valence-corrected chi connectivity index (χ4v) is 2.66. The van der Waals surface area contributed by atoms with E-state index in [1.807, 2.05) is 51.1 Å². The first-order valence-corrected chi connectivity index (χ1v) is 7.81. The SMILES string of the molecule is CC(C)(C)C(=O)C(Cc1ccc(F)cc1)C(O)c1ccccc1. The van der Waals surface area contributed by atoms with E-state index in [1.54, 1.807) is 12.1 Å². The highest BCUT2D eigenvalue weighted by molar-refractivity contribution is 5.86. The summed E-state index contributed by atoms with van der Waals surface area (Å²) >= 11 is 0. The fraction of sp³-hybridized carbons (Fsp3) is 0.350. The van der Waals surface area contributed by atoms with Crippen molar-refractivity contribution in [1.82, 2.24) is 0 Å². The second-order valence-corrected chi connectivity index (χ2v) is 6.91. The molecule has 0 spiro atoms. The van der Waals surface area contributed by atoms with Crippen molar-refractivity contribution in [3.63, 3.8) is 0 Å². The number of Topliss-reactive ketones (excluding diaryl/α,β-unsaturated/α-hetero) is 1. The highest BCUT2D eigenvalue weighted by atomic mass is 19.1. The predicted molar refractivity (Wildman–Crippen MR) is 89.5 cm³/mol. The largest absolute Gasteiger partial charge is 0.388 e. The van der Waals surface area contributed by atoms with E-state index >= 15 is 0 Å². The molecule has 0 amide bonds. The molecular weight excluding hydrogens is 291 g/mol. The summed E-state index contributed by atoms with van der Waals surface area (Å²) in [6.45, 7) is 5.56. The van der Waals surface area contributed by atoms with Crippen molar-refractivity contribution >= 4 is 5.78 Å². The molecule has 0 saturated carbocycles. The summed E-state index contributed by atoms with van der Waals surface area (Å²) in [4.78, 5) is 12.8. The Labute approximate surface area is 137 Å². The van der Waals surface area contributed by atoms with Crippen LogP contribution in [0.4, 0.5) is 4.39 Å². The normalized spacial score (nSPS) is 14.3. The Hall–Kier alpha value is -2.00. The highest BCUT2D eigenvalue weighted by Gasteiger charge is 2.35. The monoisotopic (exact) mass is 314 g/mol. The molecule has 2 nitrogen and oxygen atoms in total. The summed E-state index contributed by atoms with van der Waals surface area (Å²) in [7, 11) is 0. The second kappa shape index (κ2) is 7.05. The van der Waals surface area contributed by atoms with Gasteiger partial charge in [0.1, 0.15) is 11.6 Å². The zero-order valence-electron chi connectivity index (χ0n) is 13.8. The van der Waals surface area contributed by atoms with Crippen molar-refractivity contribution in [2.45, 2.75) is 33.3 Å². The molecule has 2 aromatic carbocycles. The van der Waals surface area contributed by atoms with Crippen molar-refractivity contribution in [3.8, 4) is 0 Å². The van der Waals surface area contributed by atoms with E-state index in [1.165, 1.54) is 12.1 Å². The Kier molecular flexibility index (Phi) is 5.32. The molecule has 0 aliphatic rings. The predicted octanol–water partition coefficient (Wildman–Crippen LogP) is 4.33. The zero-order chi connectivity index (χ0) is 17.0. The molecule has 0 bridgehead atoms. The van der Waals surface area contributed by atoms with Gasteiger partial charge in [0.25, 0.3) is 0 Å². The van der Waals surface area contributed by atoms with Gasteiger partial charge >= 0.3 is 0 Å². The first kappa shape index (κ1) is 17.4. The Balaban J connectivity index is 2.31. The lowest BCUT2D eigenvalue weighted by Gasteiger charge is -2.28. The van der Waals surface area contributed by atoms with Crippen LogP contribution in [-0.4, -0.2) is 10.9 Å². The molecule has 2 atom stereocenters. The minimum absolute atomic E-state index is 0.00169. The topological polar surface area (TPSA) is 37.3 Å². The van der Waals surface area contributed by atoms with Crippen LogP contribution < -0.4 is 0 Å². The molecule has 122 valence electrons. The molecule has 0 aromatic heterocycles. The number of carbonyl (C=O) groups is 1. The van der Waals surface area contributed by atoms with Crippen LogP contribution in [0.3, 0.4) is 0 Å². The molecule has 2 aromatic rings. The lowest BCUT2D eigenvalue weighted by Crippen LogP contribution is -2.33. The molecule has 2 unspecified atom stereocenters. The summed E-state index contributed by atoms with van der Waals surface area (Å²) < 4.78 is 13.1. The average Bonchev–Trinajstić information content (AvgIpc) is 2.53. The van der Waals surface area contributed by atoms with Gasteiger partial charge in [-0.05, 0) is 29.7 Å². The molecule has 0 aliphatic carbocycles. The average molecular weight is 314 g/mol. The molecular formula is C20H23FO2. The van der Waals surface area contributed by atoms with Crippen LogP contribution in [0.5, 0.6) is 0 Å². The fourth-order valence-electron chi connectivity index (χ4n) is 2.66. The minimum Gasteiger partial charge on any atom is -0.388 e. The summed E-state index contributed by atoms with van der Waals surface area (Å²) in [6, 6.07) is 15.3. The smallest absolute Gasteiger partial charge is 0.144 e. The van der Waals surface area contributed by atoms with Gasteiger partial charge in [-0.15, -0.1) is 0 Å². The van der Waals surface area contributed by atoms with Crippen molar-refractivity contribution in [1.29, 1.82) is 0 Å². The van der Waals surface area contributed by atoms with E-state index in [4.69, 9.17) is 0 Å². The van der Waals surface area contributed by atoms with Crippen LogP contribution in [0.25, 0.3) is 0 Å². The Morgan fingerprint density at radius 3 is 2.13 bits per heavy atom. The zero-order valence-corrected chi connectivity index (χ0v) is 13.8. The third-order valence-corrected chi connectivity index (χ3v) is 3.97. The molecule has 3 heteroatoms. The number of halogens is 1. The number of rotatable bonds is 5. The standard InChI is InChI=1S/C20H23FO2/c1-20(2,3)19(23)17(13-14-9-11-16(21)12-10-14)18(22)15-7-5-4-6-8-15/h4-12,17-18,22H,13H2,1-3H3. The number of benzene rings is 2. The summed E-state index contributed by atoms with van der Waals surface area (Å²) in [5, 5.41) is 10.7. The number of aliphatic hydroxyl groups excluding tert-OH is 1. The summed E-state index contributed by atoms with van der Waals surface area (Å²) in [5.41, 5.74) is 1.00. The van der Waals surface area contributed by atoms with Gasteiger partial charge in [-0.2, -0.15) is 0 Å². The van der Waals surface area contributed by atoms with Gasteiger partial charge in [0.2, 0.25) is 0 Å². The van der Waals surface area contributed by atoms with Gasteiger partial charge in [0, 0.05) is 5.41 Å². The number of hydrogen-bond acceptors (Lipinski definition) is 2. The van der Waals surface area contributed by atoms with E-state index in [0.29, 0.717) is 6.42 Å². The number of ketones is 1. The Bertz CT molecular complexity index is 642. The molecule has 2 rings (SSSR count). The third kappa shape index (κ3) is 4.49. The van der Waals surface area contributed by atoms with Crippen molar-refractivity contribution in [2.75, 3.05) is 0 Å². The number of aliphatic hydroxyl groups is 1. The van der Waals surface area contributed by atoms with Crippen LogP contribution in [-0.2, 0) is 11.2 Å². The molecule has 0 heterocycles. The van der Waals surface area contributed by atoms with Crippen LogP contribution >= 0.6 is 0 Å².